The lowest BCUT2D eigenvalue weighted by atomic mass is 10.1. The van der Waals surface area contributed by atoms with Crippen LogP contribution in [-0.4, -0.2) is 20.9 Å². The quantitative estimate of drug-likeness (QED) is 0.656. The average Bonchev–Trinajstić information content (AvgIpc) is 3.10. The van der Waals surface area contributed by atoms with Crippen LogP contribution in [0.1, 0.15) is 48.4 Å². The summed E-state index contributed by atoms with van der Waals surface area (Å²) in [5.41, 5.74) is 1.10. The van der Waals surface area contributed by atoms with Gasteiger partial charge in [-0.3, -0.25) is 4.79 Å². The van der Waals surface area contributed by atoms with Crippen LogP contribution in [0.25, 0.3) is 0 Å². The zero-order valence-electron chi connectivity index (χ0n) is 15.4. The Labute approximate surface area is 155 Å². The summed E-state index contributed by atoms with van der Waals surface area (Å²) in [5.74, 6) is 0.848. The van der Waals surface area contributed by atoms with Gasteiger partial charge in [-0.2, -0.15) is 0 Å². The fourth-order valence-corrected chi connectivity index (χ4v) is 3.50. The van der Waals surface area contributed by atoms with Gasteiger partial charge in [0.1, 0.15) is 5.76 Å². The Morgan fingerprint density at radius 3 is 2.65 bits per heavy atom. The highest BCUT2D eigenvalue weighted by molar-refractivity contribution is 7.89. The van der Waals surface area contributed by atoms with Crippen molar-refractivity contribution in [3.05, 3.63) is 53.5 Å². The fraction of sp³-hybridized carbons (Fsp3) is 0.421. The first-order valence-corrected chi connectivity index (χ1v) is 10.2. The third-order valence-corrected chi connectivity index (χ3v) is 5.42. The van der Waals surface area contributed by atoms with Gasteiger partial charge in [0.2, 0.25) is 10.0 Å². The molecule has 0 bridgehead atoms. The molecule has 0 aliphatic carbocycles. The Kier molecular flexibility index (Phi) is 6.99. The molecule has 26 heavy (non-hydrogen) atoms. The number of hydrogen-bond acceptors (Lipinski definition) is 4. The highest BCUT2D eigenvalue weighted by Crippen LogP contribution is 2.16. The van der Waals surface area contributed by atoms with Crippen molar-refractivity contribution in [3.63, 3.8) is 0 Å². The van der Waals surface area contributed by atoms with Crippen molar-refractivity contribution in [2.45, 2.75) is 45.1 Å². The van der Waals surface area contributed by atoms with Gasteiger partial charge in [0.25, 0.3) is 5.91 Å². The number of aryl methyl sites for hydroxylation is 1. The van der Waals surface area contributed by atoms with Gasteiger partial charge in [0, 0.05) is 12.1 Å². The standard InChI is InChI=1S/C19H26N2O4S/c1-14(2)6-4-10-20-19(22)18-12-17(9-8-15(18)3)26(23,24)21-13-16-7-5-11-25-16/h5,7-9,11-12,14,21H,4,6,10,13H2,1-3H3,(H,20,22). The van der Waals surface area contributed by atoms with Crippen LogP contribution < -0.4 is 10.0 Å². The molecule has 0 unspecified atom stereocenters. The van der Waals surface area contributed by atoms with E-state index in [0.29, 0.717) is 23.8 Å². The minimum Gasteiger partial charge on any atom is -0.468 e. The van der Waals surface area contributed by atoms with E-state index in [9.17, 15) is 13.2 Å². The number of amides is 1. The highest BCUT2D eigenvalue weighted by Gasteiger charge is 2.18. The van der Waals surface area contributed by atoms with Gasteiger partial charge in [0.05, 0.1) is 17.7 Å². The van der Waals surface area contributed by atoms with Gasteiger partial charge in [-0.15, -0.1) is 0 Å². The monoisotopic (exact) mass is 378 g/mol. The molecule has 2 N–H and O–H groups in total. The van der Waals surface area contributed by atoms with Crippen LogP contribution in [-0.2, 0) is 16.6 Å². The summed E-state index contributed by atoms with van der Waals surface area (Å²) >= 11 is 0. The van der Waals surface area contributed by atoms with E-state index in [0.717, 1.165) is 18.4 Å². The third-order valence-electron chi connectivity index (χ3n) is 4.02. The minimum absolute atomic E-state index is 0.0555. The second-order valence-electron chi connectivity index (χ2n) is 6.67. The van der Waals surface area contributed by atoms with Crippen molar-refractivity contribution in [3.8, 4) is 0 Å². The molecule has 2 rings (SSSR count). The second kappa shape index (κ2) is 9.00. The fourth-order valence-electron chi connectivity index (χ4n) is 2.48. The van der Waals surface area contributed by atoms with Gasteiger partial charge in [-0.1, -0.05) is 19.9 Å². The van der Waals surface area contributed by atoms with Crippen molar-refractivity contribution in [1.82, 2.24) is 10.0 Å². The predicted octanol–water partition coefficient (Wildman–Crippen LogP) is 3.23. The molecule has 142 valence electrons. The molecule has 0 atom stereocenters. The molecule has 7 heteroatoms. The van der Waals surface area contributed by atoms with E-state index in [1.54, 1.807) is 25.1 Å². The van der Waals surface area contributed by atoms with Gasteiger partial charge >= 0.3 is 0 Å². The molecular formula is C19H26N2O4S. The molecule has 0 saturated carbocycles. The van der Waals surface area contributed by atoms with Crippen LogP contribution in [0, 0.1) is 12.8 Å². The van der Waals surface area contributed by atoms with Crippen molar-refractivity contribution >= 4 is 15.9 Å². The van der Waals surface area contributed by atoms with E-state index in [2.05, 4.69) is 23.9 Å². The maximum absolute atomic E-state index is 12.5. The molecule has 0 fully saturated rings. The predicted molar refractivity (Wildman–Crippen MR) is 100 cm³/mol. The Bertz CT molecular complexity index is 827. The van der Waals surface area contributed by atoms with Gasteiger partial charge in [0.15, 0.2) is 0 Å². The van der Waals surface area contributed by atoms with Crippen molar-refractivity contribution < 1.29 is 17.6 Å². The number of rotatable bonds is 9. The lowest BCUT2D eigenvalue weighted by Crippen LogP contribution is -2.27. The molecule has 0 aliphatic rings. The smallest absolute Gasteiger partial charge is 0.251 e. The number of carbonyl (C=O) groups is 1. The molecular weight excluding hydrogens is 352 g/mol. The highest BCUT2D eigenvalue weighted by atomic mass is 32.2. The first-order valence-electron chi connectivity index (χ1n) is 8.70. The largest absolute Gasteiger partial charge is 0.468 e. The van der Waals surface area contributed by atoms with Crippen LogP contribution >= 0.6 is 0 Å². The van der Waals surface area contributed by atoms with Crippen molar-refractivity contribution in [2.24, 2.45) is 5.92 Å². The molecule has 0 spiro atoms. The summed E-state index contributed by atoms with van der Waals surface area (Å²) < 4.78 is 32.5. The number of carbonyl (C=O) groups excluding carboxylic acids is 1. The molecule has 6 nitrogen and oxygen atoms in total. The Balaban J connectivity index is 2.06. The van der Waals surface area contributed by atoms with Crippen LogP contribution in [0.3, 0.4) is 0 Å². The third kappa shape index (κ3) is 5.71. The van der Waals surface area contributed by atoms with E-state index in [1.807, 2.05) is 0 Å². The molecule has 0 aliphatic heterocycles. The van der Waals surface area contributed by atoms with Crippen LogP contribution in [0.2, 0.25) is 0 Å². The summed E-state index contributed by atoms with van der Waals surface area (Å²) in [5, 5.41) is 2.86. The Morgan fingerprint density at radius 2 is 2.00 bits per heavy atom. The molecule has 1 amide bonds. The van der Waals surface area contributed by atoms with Crippen molar-refractivity contribution in [1.29, 1.82) is 0 Å². The molecule has 2 aromatic rings. The van der Waals surface area contributed by atoms with Gasteiger partial charge in [-0.25, -0.2) is 13.1 Å². The van der Waals surface area contributed by atoms with E-state index in [-0.39, 0.29) is 17.3 Å². The summed E-state index contributed by atoms with van der Waals surface area (Å²) in [6, 6.07) is 7.93. The number of benzene rings is 1. The zero-order valence-corrected chi connectivity index (χ0v) is 16.2. The van der Waals surface area contributed by atoms with Crippen LogP contribution in [0.15, 0.2) is 45.9 Å². The maximum atomic E-state index is 12.5. The minimum atomic E-state index is -3.74. The van der Waals surface area contributed by atoms with Gasteiger partial charge < -0.3 is 9.73 Å². The second-order valence-corrected chi connectivity index (χ2v) is 8.44. The lowest BCUT2D eigenvalue weighted by molar-refractivity contribution is 0.0951. The molecule has 1 aromatic heterocycles. The average molecular weight is 378 g/mol. The van der Waals surface area contributed by atoms with E-state index in [1.165, 1.54) is 18.4 Å². The molecule has 1 aromatic carbocycles. The molecule has 0 radical (unpaired) electrons. The SMILES string of the molecule is Cc1ccc(S(=O)(=O)NCc2ccco2)cc1C(=O)NCCCC(C)C. The topological polar surface area (TPSA) is 88.4 Å². The molecule has 0 saturated heterocycles. The van der Waals surface area contributed by atoms with Crippen LogP contribution in [0.4, 0.5) is 0 Å². The Morgan fingerprint density at radius 1 is 1.23 bits per heavy atom. The normalized spacial score (nSPS) is 11.7. The number of nitrogens with one attached hydrogen (secondary N) is 2. The summed E-state index contributed by atoms with van der Waals surface area (Å²) in [7, 11) is -3.74. The van der Waals surface area contributed by atoms with E-state index >= 15 is 0 Å². The van der Waals surface area contributed by atoms with Crippen LogP contribution in [0.5, 0.6) is 0 Å². The van der Waals surface area contributed by atoms with E-state index < -0.39 is 10.0 Å². The number of hydrogen-bond donors (Lipinski definition) is 2. The summed E-state index contributed by atoms with van der Waals surface area (Å²) in [6.45, 7) is 6.69. The first-order chi connectivity index (χ1) is 12.3. The first kappa shape index (κ1) is 20.2. The Hall–Kier alpha value is -2.12. The lowest BCUT2D eigenvalue weighted by Gasteiger charge is -2.11. The summed E-state index contributed by atoms with van der Waals surface area (Å²) in [6.07, 6.45) is 3.41. The number of sulfonamides is 1. The van der Waals surface area contributed by atoms with Crippen molar-refractivity contribution in [2.75, 3.05) is 6.54 Å². The van der Waals surface area contributed by atoms with E-state index in [4.69, 9.17) is 4.42 Å². The zero-order chi connectivity index (χ0) is 19.2. The summed E-state index contributed by atoms with van der Waals surface area (Å²) in [4.78, 5) is 12.5. The number of furan rings is 1. The maximum Gasteiger partial charge on any atom is 0.251 e. The molecule has 1 heterocycles. The van der Waals surface area contributed by atoms with Gasteiger partial charge in [-0.05, 0) is 55.5 Å².